The van der Waals surface area contributed by atoms with E-state index in [4.69, 9.17) is 0 Å². The van der Waals surface area contributed by atoms with Crippen LogP contribution in [0.15, 0.2) is 162 Å². The van der Waals surface area contributed by atoms with Crippen molar-refractivity contribution in [2.24, 2.45) is 30.7 Å². The van der Waals surface area contributed by atoms with Crippen molar-refractivity contribution < 1.29 is 30.9 Å². The molecule has 2 N–H and O–H groups in total. The van der Waals surface area contributed by atoms with Gasteiger partial charge in [0.15, 0.2) is 0 Å². The van der Waals surface area contributed by atoms with E-state index in [0.717, 1.165) is 29.1 Å². The minimum atomic E-state index is -4.76. The van der Waals surface area contributed by atoms with E-state index in [1.54, 1.807) is 36.4 Å². The van der Waals surface area contributed by atoms with Crippen molar-refractivity contribution in [3.63, 3.8) is 0 Å². The Balaban J connectivity index is 1.21. The molecule has 54 heavy (non-hydrogen) atoms. The summed E-state index contributed by atoms with van der Waals surface area (Å²) >= 11 is 0. The molecule has 0 spiro atoms. The molecule has 0 radical (unpaired) electrons. The Morgan fingerprint density at radius 3 is 1.65 bits per heavy atom. The monoisotopic (exact) mass is 761 g/mol. The zero-order chi connectivity index (χ0) is 38.5. The molecule has 0 aromatic heterocycles. The first-order chi connectivity index (χ1) is 25.7. The maximum Gasteiger partial charge on any atom is 0.296 e. The van der Waals surface area contributed by atoms with Crippen molar-refractivity contribution >= 4 is 83.0 Å². The predicted molar refractivity (Wildman–Crippen MR) is 202 cm³/mol. The van der Waals surface area contributed by atoms with Crippen LogP contribution in [0.4, 0.5) is 39.8 Å². The third kappa shape index (κ3) is 9.03. The number of aryl methyl sites for hydroxylation is 1. The average molecular weight is 762 g/mol. The Labute approximate surface area is 308 Å². The van der Waals surface area contributed by atoms with Crippen molar-refractivity contribution in [3.05, 3.63) is 148 Å². The van der Waals surface area contributed by atoms with Gasteiger partial charge >= 0.3 is 0 Å². The number of nitrogens with zero attached hydrogens (tertiary/aromatic N) is 7. The number of azo groups is 3. The van der Waals surface area contributed by atoms with Gasteiger partial charge in [0.25, 0.3) is 25.9 Å². The molecule has 0 unspecified atom stereocenters. The minimum Gasteiger partial charge on any atom is -0.282 e. The van der Waals surface area contributed by atoms with Gasteiger partial charge in [-0.05, 0) is 78.7 Å². The minimum absolute atomic E-state index is 0.0348. The van der Waals surface area contributed by atoms with Gasteiger partial charge in [0, 0.05) is 22.9 Å². The topological polar surface area (TPSA) is 226 Å². The first-order valence-corrected chi connectivity index (χ1v) is 18.6. The fourth-order valence-corrected chi connectivity index (χ4v) is 6.42. The Hall–Kier alpha value is -6.66. The smallest absolute Gasteiger partial charge is 0.282 e. The highest BCUT2D eigenvalue weighted by molar-refractivity contribution is 7.86. The molecule has 0 bridgehead atoms. The Bertz CT molecular complexity index is 2750. The van der Waals surface area contributed by atoms with Crippen LogP contribution in [0.25, 0.3) is 22.9 Å². The molecule has 6 aromatic carbocycles. The van der Waals surface area contributed by atoms with Crippen LogP contribution in [0.5, 0.6) is 0 Å². The first-order valence-electron chi connectivity index (χ1n) is 15.7. The number of hydrogen-bond donors (Lipinski definition) is 2. The molecule has 0 heterocycles. The lowest BCUT2D eigenvalue weighted by molar-refractivity contribution is -0.385. The standard InChI is InChI=1S/C37H27N7O8S2/c1-24-6-13-27(14-7-24)39-41-33-20-21-34(32-5-3-2-4-31(32)33)42-43-35-19-17-29(22-37(35)54(50,51)52)40-38-28-15-9-25(10-16-28)8-11-26-12-18-30(44(45)46)23-36(26)53(47,48)49/h2-23H,1H3,(H,47,48,49)(H,50,51,52)/b11-8+,40-38?,41-39?,43-42?. The van der Waals surface area contributed by atoms with Crippen molar-refractivity contribution in [2.75, 3.05) is 0 Å². The molecule has 0 saturated heterocycles. The third-order valence-electron chi connectivity index (χ3n) is 7.79. The van der Waals surface area contributed by atoms with Crippen LogP contribution in [0, 0.1) is 17.0 Å². The summed E-state index contributed by atoms with van der Waals surface area (Å²) in [5.41, 5.74) is 3.28. The van der Waals surface area contributed by atoms with Gasteiger partial charge in [0.05, 0.1) is 33.4 Å². The summed E-state index contributed by atoms with van der Waals surface area (Å²) in [5, 5.41) is 37.8. The zero-order valence-corrected chi connectivity index (χ0v) is 29.6. The third-order valence-corrected chi connectivity index (χ3v) is 9.58. The molecule has 17 heteroatoms. The van der Waals surface area contributed by atoms with E-state index in [9.17, 15) is 36.1 Å². The molecule has 6 rings (SSSR count). The van der Waals surface area contributed by atoms with Gasteiger partial charge in [-0.15, -0.1) is 15.3 Å². The summed E-state index contributed by atoms with van der Waals surface area (Å²) in [6.07, 6.45) is 2.90. The number of benzene rings is 6. The summed E-state index contributed by atoms with van der Waals surface area (Å²) < 4.78 is 67.8. The molecule has 0 saturated carbocycles. The van der Waals surface area contributed by atoms with Crippen molar-refractivity contribution in [2.45, 2.75) is 16.7 Å². The number of nitro benzene ring substituents is 1. The van der Waals surface area contributed by atoms with E-state index in [2.05, 4.69) is 30.7 Å². The molecule has 0 atom stereocenters. The Morgan fingerprint density at radius 1 is 0.556 bits per heavy atom. The van der Waals surface area contributed by atoms with E-state index in [1.807, 2.05) is 55.5 Å². The fourth-order valence-electron chi connectivity index (χ4n) is 5.08. The second-order valence-electron chi connectivity index (χ2n) is 11.6. The van der Waals surface area contributed by atoms with Crippen LogP contribution in [0.3, 0.4) is 0 Å². The van der Waals surface area contributed by atoms with Crippen LogP contribution in [-0.2, 0) is 20.2 Å². The van der Waals surface area contributed by atoms with Gasteiger partial charge in [-0.1, -0.05) is 66.2 Å². The number of rotatable bonds is 11. The van der Waals surface area contributed by atoms with Gasteiger partial charge in [0.2, 0.25) is 0 Å². The lowest BCUT2D eigenvalue weighted by Crippen LogP contribution is -2.02. The van der Waals surface area contributed by atoms with Gasteiger partial charge in [-0.2, -0.15) is 32.2 Å². The van der Waals surface area contributed by atoms with Crippen LogP contribution >= 0.6 is 0 Å². The number of nitro groups is 1. The summed E-state index contributed by atoms with van der Waals surface area (Å²) in [6, 6.07) is 31.7. The summed E-state index contributed by atoms with van der Waals surface area (Å²) in [4.78, 5) is 9.11. The predicted octanol–water partition coefficient (Wildman–Crippen LogP) is 11.0. The molecular weight excluding hydrogens is 735 g/mol. The Morgan fingerprint density at radius 2 is 1.06 bits per heavy atom. The fraction of sp³-hybridized carbons (Fsp3) is 0.0270. The second-order valence-corrected chi connectivity index (χ2v) is 14.4. The Kier molecular flexibility index (Phi) is 10.7. The molecule has 0 amide bonds. The normalized spacial score (nSPS) is 12.5. The molecule has 270 valence electrons. The molecule has 6 aromatic rings. The van der Waals surface area contributed by atoms with Gasteiger partial charge in [-0.3, -0.25) is 19.2 Å². The van der Waals surface area contributed by atoms with Crippen molar-refractivity contribution in [1.29, 1.82) is 0 Å². The van der Waals surface area contributed by atoms with E-state index in [-0.39, 0.29) is 16.9 Å². The molecule has 0 aliphatic heterocycles. The van der Waals surface area contributed by atoms with E-state index in [1.165, 1.54) is 30.4 Å². The molecular formula is C37H27N7O8S2. The lowest BCUT2D eigenvalue weighted by Gasteiger charge is -2.05. The van der Waals surface area contributed by atoms with E-state index >= 15 is 0 Å². The second kappa shape index (κ2) is 15.5. The highest BCUT2D eigenvalue weighted by Crippen LogP contribution is 2.37. The summed E-state index contributed by atoms with van der Waals surface area (Å²) in [5.74, 6) is 0. The zero-order valence-electron chi connectivity index (χ0n) is 28.0. The van der Waals surface area contributed by atoms with E-state index in [0.29, 0.717) is 33.7 Å². The average Bonchev–Trinajstić information content (AvgIpc) is 3.15. The quantitative estimate of drug-likeness (QED) is 0.0423. The number of non-ortho nitro benzene ring substituents is 1. The molecule has 0 aliphatic rings. The molecule has 15 nitrogen and oxygen atoms in total. The van der Waals surface area contributed by atoms with Crippen LogP contribution in [-0.4, -0.2) is 30.9 Å². The lowest BCUT2D eigenvalue weighted by atomic mass is 10.1. The van der Waals surface area contributed by atoms with Crippen LogP contribution < -0.4 is 0 Å². The van der Waals surface area contributed by atoms with Crippen LogP contribution in [0.2, 0.25) is 0 Å². The highest BCUT2D eigenvalue weighted by atomic mass is 32.2. The van der Waals surface area contributed by atoms with Crippen molar-refractivity contribution in [1.82, 2.24) is 0 Å². The first kappa shape index (κ1) is 37.1. The van der Waals surface area contributed by atoms with Gasteiger partial charge in [0.1, 0.15) is 15.5 Å². The summed E-state index contributed by atoms with van der Waals surface area (Å²) in [6.45, 7) is 1.98. The molecule has 0 aliphatic carbocycles. The number of fused-ring (bicyclic) bond motifs is 1. The highest BCUT2D eigenvalue weighted by Gasteiger charge is 2.19. The largest absolute Gasteiger partial charge is 0.296 e. The maximum absolute atomic E-state index is 12.4. The molecule has 0 fully saturated rings. The van der Waals surface area contributed by atoms with Crippen molar-refractivity contribution in [3.8, 4) is 0 Å². The maximum atomic E-state index is 12.4. The van der Waals surface area contributed by atoms with Crippen LogP contribution in [0.1, 0.15) is 16.7 Å². The van der Waals surface area contributed by atoms with E-state index < -0.39 is 40.6 Å². The van der Waals surface area contributed by atoms with Gasteiger partial charge < -0.3 is 0 Å². The number of hydrogen-bond acceptors (Lipinski definition) is 12. The SMILES string of the molecule is Cc1ccc(N=Nc2ccc(N=Nc3ccc(N=Nc4ccc(/C=C/c5ccc([N+](=O)[O-])cc5S(=O)(=O)O)cc4)cc3S(=O)(=O)O)c3ccccc23)cc1. The van der Waals surface area contributed by atoms with Gasteiger partial charge in [-0.25, -0.2) is 0 Å². The summed E-state index contributed by atoms with van der Waals surface area (Å²) in [7, 11) is -9.50.